The highest BCUT2D eigenvalue weighted by molar-refractivity contribution is 5.95. The van der Waals surface area contributed by atoms with Gasteiger partial charge in [0.15, 0.2) is 0 Å². The molecule has 21 heteroatoms. The van der Waals surface area contributed by atoms with Crippen LogP contribution in [0.25, 0.3) is 0 Å². The van der Waals surface area contributed by atoms with Crippen LogP contribution in [0.3, 0.4) is 0 Å². The number of nitrogens with two attached hydrogens (primary N) is 3. The summed E-state index contributed by atoms with van der Waals surface area (Å²) in [5, 5.41) is 18.2. The lowest BCUT2D eigenvalue weighted by molar-refractivity contribution is -0.148. The van der Waals surface area contributed by atoms with Crippen molar-refractivity contribution in [2.45, 2.75) is 154 Å². The Labute approximate surface area is 429 Å². The molecule has 1 heterocycles. The number of hydrogen-bond acceptors (Lipinski definition) is 13. The van der Waals surface area contributed by atoms with E-state index in [1.165, 1.54) is 40.0 Å². The molecule has 2 aromatic carbocycles. The number of aliphatic carboxylic acids is 1. The Kier molecular flexibility index (Phi) is 23.7. The number of carbonyl (C=O) groups excluding carboxylic acids is 7. The molecule has 1 fully saturated rings. The average molecular weight is 1020 g/mol. The second-order valence-electron chi connectivity index (χ2n) is 19.9. The van der Waals surface area contributed by atoms with Crippen LogP contribution in [0.15, 0.2) is 54.6 Å². The van der Waals surface area contributed by atoms with Crippen LogP contribution in [0.1, 0.15) is 98.1 Å². The molecular weight excluding hydrogens is 943 g/mol. The molecule has 0 radical (unpaired) electrons. The Morgan fingerprint density at radius 1 is 0.849 bits per heavy atom. The molecule has 1 saturated heterocycles. The van der Waals surface area contributed by atoms with Gasteiger partial charge in [0.2, 0.25) is 35.4 Å². The SMILES string of the molecule is CC[C@H](C)[C@@H]([C@@H](CC(=O)N1CCC[C@H]1[C@H](OC)[C@@H](C)C(=O)N[C@@H](Cc1ccccc1)C(=O)O)OC)N(C)C(=O)[C@@H](NC(=O)C(C)(C)N(C)C(=O)OCc1ccc(NC(=O)[C@@H](N)CCC(N)C(N)=O)cc1)C(C)C. The van der Waals surface area contributed by atoms with Crippen LogP contribution in [0.5, 0.6) is 0 Å². The Hall–Kier alpha value is -6.16. The van der Waals surface area contributed by atoms with Gasteiger partial charge in [-0.2, -0.15) is 0 Å². The largest absolute Gasteiger partial charge is 0.480 e. The minimum Gasteiger partial charge on any atom is -0.480 e. The van der Waals surface area contributed by atoms with Crippen LogP contribution in [0, 0.1) is 17.8 Å². The van der Waals surface area contributed by atoms with Gasteiger partial charge in [-0.1, -0.05) is 83.5 Å². The summed E-state index contributed by atoms with van der Waals surface area (Å²) in [5.74, 6) is -5.56. The summed E-state index contributed by atoms with van der Waals surface area (Å²) < 4.78 is 17.5. The van der Waals surface area contributed by atoms with E-state index in [0.29, 0.717) is 37.1 Å². The zero-order valence-electron chi connectivity index (χ0n) is 44.4. The van der Waals surface area contributed by atoms with Gasteiger partial charge in [-0.05, 0) is 74.6 Å². The number of carboxylic acid groups (broad SMARTS) is 1. The summed E-state index contributed by atoms with van der Waals surface area (Å²) in [7, 11) is 5.97. The first-order valence-electron chi connectivity index (χ1n) is 24.9. The average Bonchev–Trinajstić information content (AvgIpc) is 3.85. The van der Waals surface area contributed by atoms with Gasteiger partial charge in [0.05, 0.1) is 48.7 Å². The number of amides is 7. The molecule has 0 bridgehead atoms. The Balaban J connectivity index is 1.68. The number of methoxy groups -OCH3 is 2. The maximum absolute atomic E-state index is 14.6. The van der Waals surface area contributed by atoms with E-state index in [0.717, 1.165) is 10.5 Å². The molecule has 0 aliphatic carbocycles. The zero-order chi connectivity index (χ0) is 54.9. The molecule has 0 spiro atoms. The number of nitrogens with zero attached hydrogens (tertiary/aromatic N) is 3. The van der Waals surface area contributed by atoms with Gasteiger partial charge < -0.3 is 62.3 Å². The summed E-state index contributed by atoms with van der Waals surface area (Å²) in [6.45, 7) is 12.4. The fourth-order valence-corrected chi connectivity index (χ4v) is 8.88. The lowest BCUT2D eigenvalue weighted by atomic mass is 9.89. The smallest absolute Gasteiger partial charge is 0.410 e. The molecule has 3 rings (SSSR count). The predicted octanol–water partition coefficient (Wildman–Crippen LogP) is 2.77. The Bertz CT molecular complexity index is 2180. The van der Waals surface area contributed by atoms with Gasteiger partial charge in [-0.3, -0.25) is 33.7 Å². The number of likely N-dealkylation sites (N-methyl/N-ethyl adjacent to an activating group) is 2. The number of nitrogens with one attached hydrogen (secondary N) is 3. The predicted molar refractivity (Wildman–Crippen MR) is 274 cm³/mol. The Morgan fingerprint density at radius 2 is 1.47 bits per heavy atom. The van der Waals surface area contributed by atoms with Crippen molar-refractivity contribution in [3.05, 3.63) is 65.7 Å². The molecule has 21 nitrogen and oxygen atoms in total. The van der Waals surface area contributed by atoms with Gasteiger partial charge in [0.25, 0.3) is 0 Å². The van der Waals surface area contributed by atoms with E-state index >= 15 is 0 Å². The molecule has 406 valence electrons. The van der Waals surface area contributed by atoms with Crippen LogP contribution < -0.4 is 33.2 Å². The number of primary amides is 1. The highest BCUT2D eigenvalue weighted by Gasteiger charge is 2.44. The fourth-order valence-electron chi connectivity index (χ4n) is 8.88. The molecular formula is C52H81N9O12. The number of rotatable bonds is 28. The number of anilines is 1. The van der Waals surface area contributed by atoms with E-state index in [-0.39, 0.29) is 44.1 Å². The minimum absolute atomic E-state index is 0.0904. The minimum atomic E-state index is -1.50. The van der Waals surface area contributed by atoms with Crippen molar-refractivity contribution in [3.63, 3.8) is 0 Å². The summed E-state index contributed by atoms with van der Waals surface area (Å²) in [6.07, 6.45) is -0.263. The molecule has 2 aromatic rings. The summed E-state index contributed by atoms with van der Waals surface area (Å²) in [4.78, 5) is 110. The standard InChI is InChI=1S/C52H81N9O12/c1-12-31(4)43(40(71-10)28-41(62)61-26-16-19-39(61)44(72-11)32(5)46(64)57-38(49(67)68)27-33-17-14-13-15-18-33)59(8)48(66)42(30(2)3)58-50(69)52(6,7)60(9)51(70)73-29-34-20-22-35(23-21-34)56-47(65)37(54)25-24-36(53)45(55)63/h13-15,17-18,20-23,30-32,36-40,42-44H,12,16,19,24-29,53-54H2,1-11H3,(H2,55,63)(H,56,65)(H,57,64)(H,58,69)(H,67,68)/t31-,32+,36?,37-,38-,39-,40+,42-,43-,44+/m0/s1. The summed E-state index contributed by atoms with van der Waals surface area (Å²) in [6, 6.07) is 10.3. The van der Waals surface area contributed by atoms with E-state index in [9.17, 15) is 43.5 Å². The van der Waals surface area contributed by atoms with Crippen LogP contribution in [-0.4, -0.2) is 156 Å². The van der Waals surface area contributed by atoms with Crippen molar-refractivity contribution in [1.82, 2.24) is 25.3 Å². The van der Waals surface area contributed by atoms with Crippen LogP contribution in [0.2, 0.25) is 0 Å². The quantitative estimate of drug-likeness (QED) is 0.0645. The van der Waals surface area contributed by atoms with E-state index in [4.69, 9.17) is 31.4 Å². The molecule has 1 aliphatic rings. The lowest BCUT2D eigenvalue weighted by Crippen LogP contribution is -2.62. The van der Waals surface area contributed by atoms with Gasteiger partial charge in [-0.25, -0.2) is 9.59 Å². The molecule has 1 unspecified atom stereocenters. The first kappa shape index (κ1) is 61.1. The number of carbonyl (C=O) groups is 8. The monoisotopic (exact) mass is 1020 g/mol. The van der Waals surface area contributed by atoms with Gasteiger partial charge in [-0.15, -0.1) is 0 Å². The van der Waals surface area contributed by atoms with Crippen molar-refractivity contribution in [3.8, 4) is 0 Å². The maximum Gasteiger partial charge on any atom is 0.410 e. The van der Waals surface area contributed by atoms with Gasteiger partial charge in [0.1, 0.15) is 24.2 Å². The third-order valence-corrected chi connectivity index (χ3v) is 14.1. The number of ether oxygens (including phenoxy) is 3. The molecule has 10 atom stereocenters. The zero-order valence-corrected chi connectivity index (χ0v) is 44.4. The Morgan fingerprint density at radius 3 is 2.01 bits per heavy atom. The molecule has 0 saturated carbocycles. The van der Waals surface area contributed by atoms with E-state index in [1.807, 2.05) is 19.9 Å². The second kappa shape index (κ2) is 28.3. The maximum atomic E-state index is 14.6. The number of benzene rings is 2. The molecule has 73 heavy (non-hydrogen) atoms. The second-order valence-corrected chi connectivity index (χ2v) is 19.9. The molecule has 1 aliphatic heterocycles. The summed E-state index contributed by atoms with van der Waals surface area (Å²) >= 11 is 0. The first-order chi connectivity index (χ1) is 34.3. The van der Waals surface area contributed by atoms with Crippen molar-refractivity contribution in [1.29, 1.82) is 0 Å². The normalized spacial score (nSPS) is 17.4. The third-order valence-electron chi connectivity index (χ3n) is 14.1. The highest BCUT2D eigenvalue weighted by atomic mass is 16.6. The van der Waals surface area contributed by atoms with Crippen LogP contribution in [0.4, 0.5) is 10.5 Å². The number of likely N-dealkylation sites (tertiary alicyclic amines) is 1. The summed E-state index contributed by atoms with van der Waals surface area (Å²) in [5.41, 5.74) is 17.0. The van der Waals surface area contributed by atoms with Crippen LogP contribution in [-0.2, 0) is 60.8 Å². The van der Waals surface area contributed by atoms with E-state index in [1.54, 1.807) is 81.2 Å². The van der Waals surface area contributed by atoms with Crippen molar-refractivity contribution in [2.75, 3.05) is 40.2 Å². The molecule has 0 aromatic heterocycles. The van der Waals surface area contributed by atoms with Crippen molar-refractivity contribution >= 4 is 53.2 Å². The third kappa shape index (κ3) is 16.9. The fraction of sp³-hybridized carbons (Fsp3) is 0.615. The highest BCUT2D eigenvalue weighted by Crippen LogP contribution is 2.30. The van der Waals surface area contributed by atoms with Crippen molar-refractivity contribution < 1.29 is 57.7 Å². The van der Waals surface area contributed by atoms with E-state index in [2.05, 4.69) is 16.0 Å². The molecule has 10 N–H and O–H groups in total. The van der Waals surface area contributed by atoms with E-state index < -0.39 is 107 Å². The van der Waals surface area contributed by atoms with Crippen molar-refractivity contribution in [2.24, 2.45) is 35.0 Å². The first-order valence-corrected chi connectivity index (χ1v) is 24.9. The van der Waals surface area contributed by atoms with Gasteiger partial charge in [0, 0.05) is 47.0 Å². The lowest BCUT2D eigenvalue weighted by Gasteiger charge is -2.41. The number of hydrogen-bond donors (Lipinski definition) is 7. The van der Waals surface area contributed by atoms with Crippen LogP contribution >= 0.6 is 0 Å². The molecule has 7 amide bonds. The van der Waals surface area contributed by atoms with Gasteiger partial charge >= 0.3 is 12.1 Å². The number of carboxylic acids is 1. The topological polar surface area (TPSA) is 308 Å².